The summed E-state index contributed by atoms with van der Waals surface area (Å²) >= 11 is 0. The third-order valence-corrected chi connectivity index (χ3v) is 2.30. The van der Waals surface area contributed by atoms with Crippen LogP contribution in [0.25, 0.3) is 0 Å². The van der Waals surface area contributed by atoms with Crippen molar-refractivity contribution in [2.75, 3.05) is 6.61 Å². The number of pyridine rings is 1. The van der Waals surface area contributed by atoms with Gasteiger partial charge in [0.1, 0.15) is 0 Å². The molecule has 0 saturated heterocycles. The van der Waals surface area contributed by atoms with E-state index in [1.54, 1.807) is 6.20 Å². The molecular weight excluding hydrogens is 188 g/mol. The van der Waals surface area contributed by atoms with Gasteiger partial charge in [0, 0.05) is 17.8 Å². The highest BCUT2D eigenvalue weighted by Crippen LogP contribution is 2.16. The number of hydrogen-bond acceptors (Lipinski definition) is 3. The van der Waals surface area contributed by atoms with E-state index in [1.165, 1.54) is 0 Å². The maximum Gasteiger partial charge on any atom is 0.216 e. The van der Waals surface area contributed by atoms with Gasteiger partial charge in [-0.3, -0.25) is 0 Å². The summed E-state index contributed by atoms with van der Waals surface area (Å²) in [7, 11) is 0. The van der Waals surface area contributed by atoms with E-state index in [4.69, 9.17) is 10.5 Å². The zero-order valence-corrected chi connectivity index (χ0v) is 9.57. The van der Waals surface area contributed by atoms with E-state index in [-0.39, 0.29) is 6.04 Å². The molecule has 1 aromatic rings. The number of hydrogen-bond donors (Lipinski definition) is 1. The fourth-order valence-electron chi connectivity index (χ4n) is 1.33. The molecule has 84 valence electrons. The second-order valence-corrected chi connectivity index (χ2v) is 3.69. The molecule has 1 atom stereocenters. The number of nitrogens with zero attached hydrogens (tertiary/aromatic N) is 1. The molecule has 2 N–H and O–H groups in total. The van der Waals surface area contributed by atoms with E-state index >= 15 is 0 Å². The molecule has 0 aliphatic heterocycles. The molecule has 1 aromatic heterocycles. The lowest BCUT2D eigenvalue weighted by atomic mass is 10.1. The molecule has 0 aromatic carbocycles. The third kappa shape index (κ3) is 3.88. The Morgan fingerprint density at radius 1 is 1.47 bits per heavy atom. The van der Waals surface area contributed by atoms with Crippen LogP contribution in [0.4, 0.5) is 0 Å². The van der Waals surface area contributed by atoms with E-state index in [9.17, 15) is 0 Å². The molecule has 1 unspecified atom stereocenters. The lowest BCUT2D eigenvalue weighted by molar-refractivity contribution is 0.301. The van der Waals surface area contributed by atoms with E-state index in [2.05, 4.69) is 18.8 Å². The minimum atomic E-state index is 0.193. The molecular formula is C12H20N2O. The molecule has 1 heterocycles. The number of aromatic nitrogens is 1. The van der Waals surface area contributed by atoms with Gasteiger partial charge in [-0.05, 0) is 25.3 Å². The summed E-state index contributed by atoms with van der Waals surface area (Å²) in [5, 5.41) is 0. The summed E-state index contributed by atoms with van der Waals surface area (Å²) in [5.41, 5.74) is 7.03. The molecule has 3 heteroatoms. The van der Waals surface area contributed by atoms with Crippen LogP contribution in [0.1, 0.15) is 32.3 Å². The highest BCUT2D eigenvalue weighted by Gasteiger charge is 2.07. The van der Waals surface area contributed by atoms with Crippen molar-refractivity contribution in [2.24, 2.45) is 5.73 Å². The van der Waals surface area contributed by atoms with E-state index in [1.807, 2.05) is 12.1 Å². The summed E-state index contributed by atoms with van der Waals surface area (Å²) in [5.74, 6) is 0.739. The van der Waals surface area contributed by atoms with Gasteiger partial charge < -0.3 is 10.5 Å². The SMILES string of the molecule is CCCOc1ncccc1CC(N)CC. The van der Waals surface area contributed by atoms with Crippen LogP contribution in [0.3, 0.4) is 0 Å². The average Bonchev–Trinajstić information content (AvgIpc) is 2.28. The van der Waals surface area contributed by atoms with Crippen LogP contribution in [0, 0.1) is 0 Å². The number of ether oxygens (including phenoxy) is 1. The highest BCUT2D eigenvalue weighted by atomic mass is 16.5. The van der Waals surface area contributed by atoms with Crippen molar-refractivity contribution in [1.29, 1.82) is 0 Å². The largest absolute Gasteiger partial charge is 0.477 e. The van der Waals surface area contributed by atoms with Crippen LogP contribution in [-0.4, -0.2) is 17.6 Å². The van der Waals surface area contributed by atoms with Crippen molar-refractivity contribution in [3.05, 3.63) is 23.9 Å². The highest BCUT2D eigenvalue weighted by molar-refractivity contribution is 5.26. The van der Waals surface area contributed by atoms with Crippen LogP contribution >= 0.6 is 0 Å². The number of rotatable bonds is 6. The molecule has 0 radical (unpaired) electrons. The zero-order valence-electron chi connectivity index (χ0n) is 9.57. The van der Waals surface area contributed by atoms with Crippen LogP contribution < -0.4 is 10.5 Å². The monoisotopic (exact) mass is 208 g/mol. The first-order valence-electron chi connectivity index (χ1n) is 5.60. The first-order valence-corrected chi connectivity index (χ1v) is 5.60. The van der Waals surface area contributed by atoms with Crippen molar-refractivity contribution >= 4 is 0 Å². The fourth-order valence-corrected chi connectivity index (χ4v) is 1.33. The minimum absolute atomic E-state index is 0.193. The lowest BCUT2D eigenvalue weighted by Crippen LogP contribution is -2.22. The van der Waals surface area contributed by atoms with Crippen LogP contribution in [0.2, 0.25) is 0 Å². The third-order valence-electron chi connectivity index (χ3n) is 2.30. The molecule has 0 saturated carbocycles. The molecule has 0 fully saturated rings. The predicted molar refractivity (Wildman–Crippen MR) is 62.0 cm³/mol. The number of nitrogens with two attached hydrogens (primary N) is 1. The Balaban J connectivity index is 2.67. The predicted octanol–water partition coefficient (Wildman–Crippen LogP) is 2.15. The van der Waals surface area contributed by atoms with Gasteiger partial charge >= 0.3 is 0 Å². The maximum atomic E-state index is 5.92. The molecule has 0 amide bonds. The average molecular weight is 208 g/mol. The summed E-state index contributed by atoms with van der Waals surface area (Å²) in [4.78, 5) is 4.23. The Morgan fingerprint density at radius 3 is 2.93 bits per heavy atom. The topological polar surface area (TPSA) is 48.1 Å². The summed E-state index contributed by atoms with van der Waals surface area (Å²) in [6.07, 6.45) is 4.56. The van der Waals surface area contributed by atoms with Crippen molar-refractivity contribution in [3.63, 3.8) is 0 Å². The van der Waals surface area contributed by atoms with Crippen molar-refractivity contribution in [3.8, 4) is 5.88 Å². The van der Waals surface area contributed by atoms with Crippen molar-refractivity contribution in [2.45, 2.75) is 39.2 Å². The standard InChI is InChI=1S/C12H20N2O/c1-3-8-15-12-10(6-5-7-14-12)9-11(13)4-2/h5-7,11H,3-4,8-9,13H2,1-2H3. The van der Waals surface area contributed by atoms with Gasteiger partial charge in [0.2, 0.25) is 5.88 Å². The molecule has 0 aliphatic carbocycles. The summed E-state index contributed by atoms with van der Waals surface area (Å²) in [6, 6.07) is 4.16. The zero-order chi connectivity index (χ0) is 11.1. The Morgan fingerprint density at radius 2 is 2.27 bits per heavy atom. The van der Waals surface area contributed by atoms with Gasteiger partial charge in [0.05, 0.1) is 6.61 Å². The first-order chi connectivity index (χ1) is 7.27. The van der Waals surface area contributed by atoms with E-state index in [0.29, 0.717) is 6.61 Å². The van der Waals surface area contributed by atoms with Crippen LogP contribution in [-0.2, 0) is 6.42 Å². The normalized spacial score (nSPS) is 12.5. The van der Waals surface area contributed by atoms with Gasteiger partial charge in [-0.25, -0.2) is 4.98 Å². The molecule has 15 heavy (non-hydrogen) atoms. The second-order valence-electron chi connectivity index (χ2n) is 3.69. The van der Waals surface area contributed by atoms with Crippen LogP contribution in [0.15, 0.2) is 18.3 Å². The van der Waals surface area contributed by atoms with E-state index < -0.39 is 0 Å². The summed E-state index contributed by atoms with van der Waals surface area (Å²) in [6.45, 7) is 4.89. The quantitative estimate of drug-likeness (QED) is 0.779. The first kappa shape index (κ1) is 12.0. The van der Waals surface area contributed by atoms with Crippen molar-refractivity contribution < 1.29 is 4.74 Å². The van der Waals surface area contributed by atoms with Gasteiger partial charge in [0.25, 0.3) is 0 Å². The van der Waals surface area contributed by atoms with E-state index in [0.717, 1.165) is 30.7 Å². The Hall–Kier alpha value is -1.09. The fraction of sp³-hybridized carbons (Fsp3) is 0.583. The smallest absolute Gasteiger partial charge is 0.216 e. The molecule has 1 rings (SSSR count). The molecule has 0 bridgehead atoms. The van der Waals surface area contributed by atoms with Crippen LogP contribution in [0.5, 0.6) is 5.88 Å². The summed E-state index contributed by atoms with van der Waals surface area (Å²) < 4.78 is 5.57. The Bertz CT molecular complexity index is 289. The lowest BCUT2D eigenvalue weighted by Gasteiger charge is -2.12. The second kappa shape index (κ2) is 6.40. The van der Waals surface area contributed by atoms with Gasteiger partial charge in [0.15, 0.2) is 0 Å². The molecule has 0 aliphatic rings. The van der Waals surface area contributed by atoms with Gasteiger partial charge in [-0.2, -0.15) is 0 Å². The van der Waals surface area contributed by atoms with Gasteiger partial charge in [-0.15, -0.1) is 0 Å². The maximum absolute atomic E-state index is 5.92. The Labute approximate surface area is 91.7 Å². The molecule has 0 spiro atoms. The minimum Gasteiger partial charge on any atom is -0.477 e. The van der Waals surface area contributed by atoms with Crippen molar-refractivity contribution in [1.82, 2.24) is 4.98 Å². The van der Waals surface area contributed by atoms with Gasteiger partial charge in [-0.1, -0.05) is 19.9 Å². The molecule has 3 nitrogen and oxygen atoms in total. The Kier molecular flexibility index (Phi) is 5.12.